The maximum absolute atomic E-state index is 10.8. The molecular weight excluding hydrogens is 315 g/mol. The molecule has 1 aromatic heterocycles. The van der Waals surface area contributed by atoms with Gasteiger partial charge in [0.1, 0.15) is 12.4 Å². The molecular formula is C18H17N2NaO3. The molecule has 1 atom stereocenters. The Hall–Kier alpha value is -1.79. The van der Waals surface area contributed by atoms with Gasteiger partial charge in [0.25, 0.3) is 0 Å². The monoisotopic (exact) mass is 332 g/mol. The van der Waals surface area contributed by atoms with Gasteiger partial charge in [-0.2, -0.15) is 0 Å². The zero-order chi connectivity index (χ0) is 16.2. The van der Waals surface area contributed by atoms with Crippen molar-refractivity contribution in [2.45, 2.75) is 19.1 Å². The third-order valence-electron chi connectivity index (χ3n) is 3.73. The molecule has 3 aromatic rings. The van der Waals surface area contributed by atoms with Crippen LogP contribution in [0.2, 0.25) is 0 Å². The van der Waals surface area contributed by atoms with Crippen LogP contribution in [0.4, 0.5) is 0 Å². The van der Waals surface area contributed by atoms with E-state index in [1.54, 1.807) is 6.20 Å². The Kier molecular flexibility index (Phi) is 6.45. The standard InChI is InChI=1S/C18H18N2O3.Na/c19-16(18(21)22)8-13-10-20-17-7-6-14(9-15(13)17)23-11-12-4-2-1-3-5-12;/h1-7,9-10,16,20H,8,11,19H2,(H,21,22);/q;+1/p-1/t16-;/m0./s1. The van der Waals surface area contributed by atoms with Crippen LogP contribution in [0.15, 0.2) is 54.7 Å². The van der Waals surface area contributed by atoms with E-state index in [1.165, 1.54) is 0 Å². The number of H-pyrrole nitrogens is 1. The first-order valence-electron chi connectivity index (χ1n) is 7.36. The second kappa shape index (κ2) is 8.35. The van der Waals surface area contributed by atoms with Crippen molar-refractivity contribution in [2.24, 2.45) is 5.73 Å². The van der Waals surface area contributed by atoms with Crippen molar-refractivity contribution in [3.8, 4) is 5.75 Å². The predicted molar refractivity (Wildman–Crippen MR) is 85.8 cm³/mol. The van der Waals surface area contributed by atoms with Gasteiger partial charge < -0.3 is 25.4 Å². The van der Waals surface area contributed by atoms with Gasteiger partial charge in [0.2, 0.25) is 0 Å². The maximum atomic E-state index is 10.8. The van der Waals surface area contributed by atoms with E-state index >= 15 is 0 Å². The molecule has 0 saturated heterocycles. The Morgan fingerprint density at radius 2 is 1.96 bits per heavy atom. The van der Waals surface area contributed by atoms with Crippen molar-refractivity contribution in [1.29, 1.82) is 0 Å². The minimum Gasteiger partial charge on any atom is -0.548 e. The van der Waals surface area contributed by atoms with Crippen LogP contribution in [0, 0.1) is 0 Å². The van der Waals surface area contributed by atoms with Crippen molar-refractivity contribution < 1.29 is 44.2 Å². The van der Waals surface area contributed by atoms with Crippen LogP contribution in [0.1, 0.15) is 11.1 Å². The van der Waals surface area contributed by atoms with E-state index in [2.05, 4.69) is 4.98 Å². The first kappa shape index (κ1) is 18.5. The fraction of sp³-hybridized carbons (Fsp3) is 0.167. The van der Waals surface area contributed by atoms with E-state index in [0.717, 1.165) is 27.8 Å². The van der Waals surface area contributed by atoms with Crippen molar-refractivity contribution in [1.82, 2.24) is 4.98 Å². The van der Waals surface area contributed by atoms with Crippen LogP contribution in [0.3, 0.4) is 0 Å². The van der Waals surface area contributed by atoms with E-state index in [-0.39, 0.29) is 36.0 Å². The Bertz CT molecular complexity index is 818. The summed E-state index contributed by atoms with van der Waals surface area (Å²) < 4.78 is 5.80. The maximum Gasteiger partial charge on any atom is 1.00 e. The third-order valence-corrected chi connectivity index (χ3v) is 3.73. The predicted octanol–water partition coefficient (Wildman–Crippen LogP) is -1.63. The number of nitrogens with one attached hydrogen (secondary N) is 1. The fourth-order valence-corrected chi connectivity index (χ4v) is 2.48. The number of nitrogens with two attached hydrogens (primary N) is 1. The normalized spacial score (nSPS) is 11.7. The van der Waals surface area contributed by atoms with Crippen molar-refractivity contribution in [3.63, 3.8) is 0 Å². The number of ether oxygens (including phenoxy) is 1. The number of benzene rings is 2. The summed E-state index contributed by atoms with van der Waals surface area (Å²) in [5.74, 6) is -0.528. The minimum atomic E-state index is -1.25. The van der Waals surface area contributed by atoms with Gasteiger partial charge in [0.15, 0.2) is 0 Å². The molecule has 0 amide bonds. The average molecular weight is 332 g/mol. The summed E-state index contributed by atoms with van der Waals surface area (Å²) in [6.45, 7) is 0.477. The Balaban J connectivity index is 0.00000208. The quantitative estimate of drug-likeness (QED) is 0.530. The molecule has 0 fully saturated rings. The number of hydrogen-bond acceptors (Lipinski definition) is 4. The summed E-state index contributed by atoms with van der Waals surface area (Å²) in [6.07, 6.45) is 1.99. The molecule has 2 aromatic carbocycles. The van der Waals surface area contributed by atoms with Crippen molar-refractivity contribution >= 4 is 16.9 Å². The molecule has 5 nitrogen and oxygen atoms in total. The van der Waals surface area contributed by atoms with Gasteiger partial charge in [0, 0.05) is 23.1 Å². The number of aliphatic carboxylic acids is 1. The summed E-state index contributed by atoms with van der Waals surface area (Å²) in [5.41, 5.74) is 8.40. The summed E-state index contributed by atoms with van der Waals surface area (Å²) in [7, 11) is 0. The molecule has 0 aliphatic carbocycles. The third kappa shape index (κ3) is 4.39. The van der Waals surface area contributed by atoms with Crippen molar-refractivity contribution in [3.05, 3.63) is 65.9 Å². The van der Waals surface area contributed by atoms with Gasteiger partial charge in [0.05, 0.1) is 5.97 Å². The molecule has 1 heterocycles. The largest absolute Gasteiger partial charge is 1.00 e. The number of carbonyl (C=O) groups is 1. The SMILES string of the molecule is N[C@@H](Cc1c[nH]c2ccc(OCc3ccccc3)cc12)C(=O)[O-].[Na+]. The minimum absolute atomic E-state index is 0. The van der Waals surface area contributed by atoms with Crippen LogP contribution < -0.4 is 45.1 Å². The van der Waals surface area contributed by atoms with Gasteiger partial charge in [-0.3, -0.25) is 0 Å². The number of hydrogen-bond donors (Lipinski definition) is 2. The number of aromatic amines is 1. The molecule has 3 rings (SSSR count). The fourth-order valence-electron chi connectivity index (χ4n) is 2.48. The number of rotatable bonds is 6. The molecule has 118 valence electrons. The number of carbonyl (C=O) groups excluding carboxylic acids is 1. The van der Waals surface area contributed by atoms with Gasteiger partial charge in [-0.25, -0.2) is 0 Å². The molecule has 0 bridgehead atoms. The first-order valence-corrected chi connectivity index (χ1v) is 7.36. The summed E-state index contributed by atoms with van der Waals surface area (Å²) in [4.78, 5) is 13.9. The summed E-state index contributed by atoms with van der Waals surface area (Å²) in [5, 5.41) is 11.7. The molecule has 0 radical (unpaired) electrons. The number of carboxylic acid groups (broad SMARTS) is 1. The van der Waals surface area contributed by atoms with Gasteiger partial charge in [-0.05, 0) is 35.7 Å². The molecule has 6 heteroatoms. The Labute approximate surface area is 162 Å². The number of aromatic nitrogens is 1. The molecule has 0 saturated carbocycles. The average Bonchev–Trinajstić information content (AvgIpc) is 2.96. The molecule has 0 aliphatic rings. The molecule has 3 N–H and O–H groups in total. The smallest absolute Gasteiger partial charge is 0.548 e. The second-order valence-corrected chi connectivity index (χ2v) is 5.43. The van der Waals surface area contributed by atoms with Crippen molar-refractivity contribution in [2.75, 3.05) is 0 Å². The van der Waals surface area contributed by atoms with Crippen LogP contribution in [0.25, 0.3) is 10.9 Å². The van der Waals surface area contributed by atoms with Gasteiger partial charge in [-0.15, -0.1) is 0 Å². The number of carboxylic acids is 1. The van der Waals surface area contributed by atoms with Crippen LogP contribution in [0.5, 0.6) is 5.75 Å². The zero-order valence-electron chi connectivity index (χ0n) is 13.5. The molecule has 0 spiro atoms. The topological polar surface area (TPSA) is 91.2 Å². The molecule has 24 heavy (non-hydrogen) atoms. The van der Waals surface area contributed by atoms with Gasteiger partial charge >= 0.3 is 29.6 Å². The van der Waals surface area contributed by atoms with Crippen LogP contribution >= 0.6 is 0 Å². The first-order chi connectivity index (χ1) is 11.1. The van der Waals surface area contributed by atoms with E-state index in [4.69, 9.17) is 10.5 Å². The van der Waals surface area contributed by atoms with Crippen LogP contribution in [-0.2, 0) is 17.8 Å². The van der Waals surface area contributed by atoms with E-state index in [1.807, 2.05) is 48.5 Å². The van der Waals surface area contributed by atoms with E-state index < -0.39 is 12.0 Å². The second-order valence-electron chi connectivity index (χ2n) is 5.43. The zero-order valence-corrected chi connectivity index (χ0v) is 15.5. The number of fused-ring (bicyclic) bond motifs is 1. The Morgan fingerprint density at radius 1 is 1.21 bits per heavy atom. The molecule has 0 unspecified atom stereocenters. The summed E-state index contributed by atoms with van der Waals surface area (Å²) >= 11 is 0. The van der Waals surface area contributed by atoms with Gasteiger partial charge in [-0.1, -0.05) is 30.3 Å². The Morgan fingerprint density at radius 3 is 2.67 bits per heavy atom. The van der Waals surface area contributed by atoms with E-state index in [9.17, 15) is 9.90 Å². The molecule has 0 aliphatic heterocycles. The summed E-state index contributed by atoms with van der Waals surface area (Å²) in [6, 6.07) is 14.5. The van der Waals surface area contributed by atoms with E-state index in [0.29, 0.717) is 6.61 Å². The van der Waals surface area contributed by atoms with Crippen LogP contribution in [-0.4, -0.2) is 17.0 Å².